The van der Waals surface area contributed by atoms with Gasteiger partial charge in [0, 0.05) is 7.05 Å². The molecule has 0 aliphatic rings. The topological polar surface area (TPSA) is 54.3 Å². The van der Waals surface area contributed by atoms with Crippen molar-refractivity contribution in [2.75, 3.05) is 27.7 Å². The molecule has 0 aliphatic carbocycles. The van der Waals surface area contributed by atoms with Gasteiger partial charge in [-0.05, 0) is 0 Å². The van der Waals surface area contributed by atoms with E-state index < -0.39 is 0 Å². The van der Waals surface area contributed by atoms with E-state index in [-0.39, 0.29) is 12.5 Å². The smallest absolute Gasteiger partial charge is 0.327 e. The Morgan fingerprint density at radius 2 is 2.30 bits per heavy atom. The van der Waals surface area contributed by atoms with Crippen molar-refractivity contribution in [3.63, 3.8) is 0 Å². The van der Waals surface area contributed by atoms with E-state index in [9.17, 15) is 4.79 Å². The molecular weight excluding hydrogens is 134 g/mol. The van der Waals surface area contributed by atoms with E-state index in [2.05, 4.69) is 15.1 Å². The van der Waals surface area contributed by atoms with Gasteiger partial charge in [-0.25, -0.2) is 0 Å². The van der Waals surface area contributed by atoms with Crippen LogP contribution in [0.15, 0.2) is 10.3 Å². The molecule has 5 heteroatoms. The minimum absolute atomic E-state index is 0.133. The van der Waals surface area contributed by atoms with Gasteiger partial charge in [-0.2, -0.15) is 5.11 Å². The van der Waals surface area contributed by atoms with Crippen LogP contribution in [0, 0.1) is 0 Å². The molecule has 0 aromatic rings. The number of esters is 1. The molecule has 0 N–H and O–H groups in total. The molecule has 0 fully saturated rings. The first-order chi connectivity index (χ1) is 4.70. The summed E-state index contributed by atoms with van der Waals surface area (Å²) < 4.78 is 4.38. The number of nitrogens with zero attached hydrogens (tertiary/aromatic N) is 3. The summed E-state index contributed by atoms with van der Waals surface area (Å²) in [6.07, 6.45) is 0. The first-order valence-corrected chi connectivity index (χ1v) is 2.78. The summed E-state index contributed by atoms with van der Waals surface area (Å²) >= 11 is 0. The minimum atomic E-state index is -0.324. The van der Waals surface area contributed by atoms with Gasteiger partial charge in [0.1, 0.15) is 6.54 Å². The highest BCUT2D eigenvalue weighted by atomic mass is 16.5. The Bertz CT molecular complexity index is 135. The Balaban J connectivity index is 3.57. The van der Waals surface area contributed by atoms with Crippen LogP contribution in [-0.2, 0) is 9.53 Å². The van der Waals surface area contributed by atoms with Crippen LogP contribution in [-0.4, -0.2) is 38.7 Å². The van der Waals surface area contributed by atoms with E-state index in [0.717, 1.165) is 0 Å². The van der Waals surface area contributed by atoms with Crippen molar-refractivity contribution in [1.29, 1.82) is 0 Å². The Morgan fingerprint density at radius 3 is 2.70 bits per heavy atom. The Kier molecular flexibility index (Phi) is 4.19. The fourth-order valence-corrected chi connectivity index (χ4v) is 0.436. The maximum absolute atomic E-state index is 10.5. The van der Waals surface area contributed by atoms with E-state index in [1.165, 1.54) is 19.2 Å². The van der Waals surface area contributed by atoms with E-state index in [1.807, 2.05) is 0 Å². The van der Waals surface area contributed by atoms with Crippen LogP contribution in [0.2, 0.25) is 0 Å². The average molecular weight is 145 g/mol. The van der Waals surface area contributed by atoms with Crippen LogP contribution in [0.4, 0.5) is 0 Å². The molecule has 0 rings (SSSR count). The van der Waals surface area contributed by atoms with Crippen molar-refractivity contribution < 1.29 is 9.53 Å². The maximum Gasteiger partial charge on any atom is 0.327 e. The van der Waals surface area contributed by atoms with Crippen molar-refractivity contribution in [2.45, 2.75) is 0 Å². The molecule has 0 spiro atoms. The van der Waals surface area contributed by atoms with Gasteiger partial charge in [0.15, 0.2) is 0 Å². The summed E-state index contributed by atoms with van der Waals surface area (Å²) in [5.41, 5.74) is 0. The quantitative estimate of drug-likeness (QED) is 0.321. The standard InChI is InChI=1S/C5H11N3O2/c1-6-7-8(2)4-5(9)10-3/h4H2,1-3H3/b7-6+. The number of carbonyl (C=O) groups excluding carboxylic acids is 1. The maximum atomic E-state index is 10.5. The van der Waals surface area contributed by atoms with Gasteiger partial charge < -0.3 is 4.74 Å². The molecule has 0 saturated carbocycles. The highest BCUT2D eigenvalue weighted by Gasteiger charge is 2.01. The van der Waals surface area contributed by atoms with Crippen molar-refractivity contribution in [2.24, 2.45) is 10.3 Å². The zero-order chi connectivity index (χ0) is 7.98. The normalized spacial score (nSPS) is 9.90. The summed E-state index contributed by atoms with van der Waals surface area (Å²) in [4.78, 5) is 10.5. The second kappa shape index (κ2) is 4.72. The van der Waals surface area contributed by atoms with Gasteiger partial charge in [-0.3, -0.25) is 9.80 Å². The number of methoxy groups -OCH3 is 1. The SMILES string of the molecule is C/N=N/N(C)CC(=O)OC. The lowest BCUT2D eigenvalue weighted by molar-refractivity contribution is -0.141. The number of rotatable bonds is 3. The van der Waals surface area contributed by atoms with Crippen LogP contribution in [0.25, 0.3) is 0 Å². The van der Waals surface area contributed by atoms with E-state index in [4.69, 9.17) is 0 Å². The van der Waals surface area contributed by atoms with Crippen molar-refractivity contribution in [3.05, 3.63) is 0 Å². The highest BCUT2D eigenvalue weighted by Crippen LogP contribution is 1.84. The number of ether oxygens (including phenoxy) is 1. The highest BCUT2D eigenvalue weighted by molar-refractivity contribution is 5.71. The zero-order valence-electron chi connectivity index (χ0n) is 6.37. The Labute approximate surface area is 59.7 Å². The largest absolute Gasteiger partial charge is 0.468 e. The van der Waals surface area contributed by atoms with E-state index in [0.29, 0.717) is 0 Å². The van der Waals surface area contributed by atoms with Crippen LogP contribution in [0.5, 0.6) is 0 Å². The van der Waals surface area contributed by atoms with Gasteiger partial charge >= 0.3 is 5.97 Å². The van der Waals surface area contributed by atoms with Crippen molar-refractivity contribution in [1.82, 2.24) is 5.01 Å². The van der Waals surface area contributed by atoms with Gasteiger partial charge in [0.2, 0.25) is 0 Å². The minimum Gasteiger partial charge on any atom is -0.468 e. The molecular formula is C5H11N3O2. The molecule has 0 atom stereocenters. The number of hydrogen-bond donors (Lipinski definition) is 0. The number of hydrogen-bond acceptors (Lipinski definition) is 4. The molecule has 58 valence electrons. The van der Waals surface area contributed by atoms with Crippen molar-refractivity contribution in [3.8, 4) is 0 Å². The average Bonchev–Trinajstić information content (AvgIpc) is 1.88. The summed E-state index contributed by atoms with van der Waals surface area (Å²) in [6, 6.07) is 0. The first-order valence-electron chi connectivity index (χ1n) is 2.78. The van der Waals surface area contributed by atoms with Crippen LogP contribution in [0.3, 0.4) is 0 Å². The molecule has 0 aromatic heterocycles. The third-order valence-electron chi connectivity index (χ3n) is 0.828. The van der Waals surface area contributed by atoms with Gasteiger partial charge in [0.05, 0.1) is 14.2 Å². The van der Waals surface area contributed by atoms with Crippen LogP contribution < -0.4 is 0 Å². The Morgan fingerprint density at radius 1 is 1.70 bits per heavy atom. The second-order valence-electron chi connectivity index (χ2n) is 1.68. The van der Waals surface area contributed by atoms with E-state index in [1.54, 1.807) is 7.05 Å². The molecule has 0 saturated heterocycles. The zero-order valence-corrected chi connectivity index (χ0v) is 6.37. The summed E-state index contributed by atoms with van der Waals surface area (Å²) in [5, 5.41) is 8.43. The molecule has 0 radical (unpaired) electrons. The Hall–Kier alpha value is -1.13. The monoisotopic (exact) mass is 145 g/mol. The summed E-state index contributed by atoms with van der Waals surface area (Å²) in [7, 11) is 4.51. The number of likely N-dealkylation sites (N-methyl/N-ethyl adjacent to an activating group) is 1. The molecule has 0 aliphatic heterocycles. The van der Waals surface area contributed by atoms with Gasteiger partial charge in [0.25, 0.3) is 0 Å². The molecule has 0 unspecified atom stereocenters. The first kappa shape index (κ1) is 8.87. The van der Waals surface area contributed by atoms with Crippen LogP contribution >= 0.6 is 0 Å². The van der Waals surface area contributed by atoms with Crippen molar-refractivity contribution >= 4 is 5.97 Å². The van der Waals surface area contributed by atoms with Gasteiger partial charge in [-0.1, -0.05) is 5.22 Å². The van der Waals surface area contributed by atoms with E-state index >= 15 is 0 Å². The predicted octanol–water partition coefficient (Wildman–Crippen LogP) is 0.0882. The third-order valence-corrected chi connectivity index (χ3v) is 0.828. The molecule has 0 bridgehead atoms. The molecule has 0 amide bonds. The third kappa shape index (κ3) is 3.82. The molecule has 5 nitrogen and oxygen atoms in total. The lowest BCUT2D eigenvalue weighted by Crippen LogP contribution is -2.21. The fraction of sp³-hybridized carbons (Fsp3) is 0.800. The number of carbonyl (C=O) groups is 1. The molecule has 0 aromatic carbocycles. The molecule has 10 heavy (non-hydrogen) atoms. The lowest BCUT2D eigenvalue weighted by Gasteiger charge is -2.07. The lowest BCUT2D eigenvalue weighted by atomic mass is 10.6. The predicted molar refractivity (Wildman–Crippen MR) is 35.4 cm³/mol. The fourth-order valence-electron chi connectivity index (χ4n) is 0.436. The summed E-state index contributed by atoms with van der Waals surface area (Å²) in [6.45, 7) is 0.133. The van der Waals surface area contributed by atoms with Gasteiger partial charge in [-0.15, -0.1) is 0 Å². The summed E-state index contributed by atoms with van der Waals surface area (Å²) in [5.74, 6) is -0.324. The second-order valence-corrected chi connectivity index (χ2v) is 1.68. The molecule has 0 heterocycles. The van der Waals surface area contributed by atoms with Crippen LogP contribution in [0.1, 0.15) is 0 Å².